The highest BCUT2D eigenvalue weighted by Gasteiger charge is 2.50. The van der Waals surface area contributed by atoms with Crippen LogP contribution in [0.4, 0.5) is 44.4 Å². The van der Waals surface area contributed by atoms with Crippen LogP contribution in [0.1, 0.15) is 114 Å². The molecule has 15 rings (SSSR count). The van der Waals surface area contributed by atoms with Crippen LogP contribution in [-0.4, -0.2) is 77.3 Å². The first-order valence-corrected chi connectivity index (χ1v) is 29.1. The first-order chi connectivity index (χ1) is 43.4. The standard InChI is InChI=1S/C63H45ClF6N14O6/c64-36-9-2-1-7-32(36)50-47-38(11-5-12-43(47)85)73-56(79-50)83-60-77-42-26-29(15-21-45(42)89-60)31-17-19-40-49(55(31)87)53(52-35(63(68,69)70)8-6-23-72-52)81-58(75-40)84-61-78-41-25-28(14-20-46(41)90-61)30-16-18-39-48(54(30)86)51(33-27-71-24-22-34(33)62(65,66)67)80-57(74-39)82-59-76-37-10-3-4-13-44(37)88-59/h1-4,6-10,13-15,20-27,30-31,47-51,53H,5,11-12,16-19H2,(H,76,80,82)(H,77,79,83)(H,78,81,84). The van der Waals surface area contributed by atoms with Gasteiger partial charge in [-0.3, -0.25) is 40.3 Å². The van der Waals surface area contributed by atoms with Gasteiger partial charge in [-0.15, -0.1) is 0 Å². The van der Waals surface area contributed by atoms with Gasteiger partial charge in [0.15, 0.2) is 28.3 Å². The maximum atomic E-state index is 15.0. The smallest absolute Gasteiger partial charge is 0.418 e. The number of aromatic nitrogens is 5. The van der Waals surface area contributed by atoms with Crippen LogP contribution in [0.2, 0.25) is 5.02 Å². The lowest BCUT2D eigenvalue weighted by Crippen LogP contribution is -2.42. The molecule has 20 nitrogen and oxygen atoms in total. The molecule has 3 aliphatic carbocycles. The highest BCUT2D eigenvalue weighted by molar-refractivity contribution is 6.31. The van der Waals surface area contributed by atoms with Crippen molar-refractivity contribution < 1.29 is 54.0 Å². The predicted octanol–water partition coefficient (Wildman–Crippen LogP) is 13.4. The molecule has 6 aliphatic rings. The number of benzene rings is 4. The van der Waals surface area contributed by atoms with Crippen molar-refractivity contribution in [2.24, 2.45) is 47.7 Å². The maximum absolute atomic E-state index is 15.0. The van der Waals surface area contributed by atoms with Crippen molar-refractivity contribution in [3.63, 3.8) is 0 Å². The SMILES string of the molecule is O=C1CCCC2=NC(Nc3nc4cc(C5CCC6=NC(Nc7nc8cc(C9CCC%10=NC(Nc%11nc%12ccccc%12o%11)=NC(c%11cnccc%11C(F)(F)F)C%10C9=O)ccc8o7)=NC(c7ncccc7C(F)(F)F)C6C5=O)ccc4o3)=NC(c3ccccc3Cl)C12. The van der Waals surface area contributed by atoms with E-state index < -0.39 is 88.5 Å². The van der Waals surface area contributed by atoms with Gasteiger partial charge in [-0.25, -0.2) is 30.0 Å². The number of halogens is 7. The highest BCUT2D eigenvalue weighted by Crippen LogP contribution is 2.48. The first kappa shape index (κ1) is 56.4. The normalized spacial score (nSPS) is 23.7. The van der Waals surface area contributed by atoms with E-state index in [1.165, 1.54) is 6.20 Å². The van der Waals surface area contributed by atoms with Gasteiger partial charge in [0.05, 0.1) is 46.7 Å². The molecule has 90 heavy (non-hydrogen) atoms. The third kappa shape index (κ3) is 10.3. The van der Waals surface area contributed by atoms with Gasteiger partial charge in [0.2, 0.25) is 17.9 Å². The van der Waals surface area contributed by atoms with Crippen molar-refractivity contribution in [2.75, 3.05) is 16.0 Å². The second-order valence-corrected chi connectivity index (χ2v) is 22.9. The van der Waals surface area contributed by atoms with E-state index in [0.717, 1.165) is 30.6 Å². The van der Waals surface area contributed by atoms with Gasteiger partial charge in [0.1, 0.15) is 28.4 Å². The van der Waals surface area contributed by atoms with Crippen LogP contribution in [0.3, 0.4) is 0 Å². The summed E-state index contributed by atoms with van der Waals surface area (Å²) in [5.74, 6) is -5.76. The quantitative estimate of drug-likeness (QED) is 0.119. The van der Waals surface area contributed by atoms with Crippen molar-refractivity contribution in [3.05, 3.63) is 166 Å². The molecule has 3 N–H and O–H groups in total. The monoisotopic (exact) mass is 1240 g/mol. The Balaban J connectivity index is 0.694. The molecule has 452 valence electrons. The number of para-hydroxylation sites is 2. The molecule has 8 heterocycles. The van der Waals surface area contributed by atoms with Crippen LogP contribution in [0, 0.1) is 17.8 Å². The number of guanidine groups is 3. The zero-order valence-corrected chi connectivity index (χ0v) is 47.4. The van der Waals surface area contributed by atoms with Crippen LogP contribution in [0.5, 0.6) is 0 Å². The van der Waals surface area contributed by atoms with E-state index in [0.29, 0.717) is 74.6 Å². The summed E-state index contributed by atoms with van der Waals surface area (Å²) >= 11 is 6.62. The molecule has 5 aromatic heterocycles. The molecular formula is C63H45ClF6N14O6. The molecule has 3 fully saturated rings. The summed E-state index contributed by atoms with van der Waals surface area (Å²) in [5.41, 5.74) is 2.14. The van der Waals surface area contributed by atoms with Crippen molar-refractivity contribution in [1.82, 2.24) is 24.9 Å². The molecule has 8 unspecified atom stereocenters. The largest absolute Gasteiger partial charge is 0.423 e. The lowest BCUT2D eigenvalue weighted by Gasteiger charge is -2.36. The van der Waals surface area contributed by atoms with E-state index in [2.05, 4.69) is 55.8 Å². The summed E-state index contributed by atoms with van der Waals surface area (Å²) in [6.45, 7) is 0. The Hall–Kier alpha value is -10.1. The number of nitrogens with one attached hydrogen (secondary N) is 3. The molecule has 3 saturated carbocycles. The Morgan fingerprint density at radius 3 is 1.61 bits per heavy atom. The molecule has 8 atom stereocenters. The summed E-state index contributed by atoms with van der Waals surface area (Å²) in [4.78, 5) is 93.0. The van der Waals surface area contributed by atoms with Crippen molar-refractivity contribution in [2.45, 2.75) is 87.3 Å². The molecule has 0 spiro atoms. The Kier molecular flexibility index (Phi) is 13.7. The Bertz CT molecular complexity index is 4650. The van der Waals surface area contributed by atoms with Crippen molar-refractivity contribution in [3.8, 4) is 0 Å². The van der Waals surface area contributed by atoms with Gasteiger partial charge in [0.25, 0.3) is 0 Å². The lowest BCUT2D eigenvalue weighted by atomic mass is 9.71. The molecule has 27 heteroatoms. The number of aliphatic imine (C=N–C) groups is 6. The van der Waals surface area contributed by atoms with E-state index in [-0.39, 0.29) is 89.8 Å². The van der Waals surface area contributed by atoms with E-state index >= 15 is 0 Å². The average Bonchev–Trinajstić information content (AvgIpc) is 1.01. The number of pyridine rings is 2. The highest BCUT2D eigenvalue weighted by atomic mass is 35.5. The number of anilines is 3. The number of nitrogens with zero attached hydrogens (tertiary/aromatic N) is 11. The lowest BCUT2D eigenvalue weighted by molar-refractivity contribution is -0.139. The minimum atomic E-state index is -4.89. The molecule has 0 bridgehead atoms. The summed E-state index contributed by atoms with van der Waals surface area (Å²) in [7, 11) is 0. The fourth-order valence-electron chi connectivity index (χ4n) is 13.1. The second kappa shape index (κ2) is 21.9. The molecule has 0 saturated heterocycles. The van der Waals surface area contributed by atoms with E-state index in [1.54, 1.807) is 72.8 Å². The van der Waals surface area contributed by atoms with Gasteiger partial charge >= 0.3 is 30.4 Å². The van der Waals surface area contributed by atoms with Crippen LogP contribution in [-0.2, 0) is 26.7 Å². The number of alkyl halides is 6. The fourth-order valence-corrected chi connectivity index (χ4v) is 13.4. The zero-order valence-electron chi connectivity index (χ0n) is 46.6. The van der Waals surface area contributed by atoms with Gasteiger partial charge in [-0.05, 0) is 116 Å². The number of fused-ring (bicyclic) bond motifs is 6. The summed E-state index contributed by atoms with van der Waals surface area (Å²) in [5, 5.41) is 9.31. The van der Waals surface area contributed by atoms with Crippen molar-refractivity contribution >= 4 is 115 Å². The number of oxazole rings is 3. The molecule has 3 aliphatic heterocycles. The van der Waals surface area contributed by atoms with E-state index in [9.17, 15) is 40.7 Å². The number of carbonyl (C=O) groups is 3. The molecule has 0 radical (unpaired) electrons. The van der Waals surface area contributed by atoms with Gasteiger partial charge in [-0.2, -0.15) is 41.3 Å². The fraction of sp³-hybridized carbons (Fsp3) is 0.270. The van der Waals surface area contributed by atoms with Crippen LogP contribution >= 0.6 is 11.6 Å². The summed E-state index contributed by atoms with van der Waals surface area (Å²) < 4.78 is 107. The maximum Gasteiger partial charge on any atom is 0.418 e. The zero-order chi connectivity index (χ0) is 61.7. The van der Waals surface area contributed by atoms with Crippen LogP contribution in [0.25, 0.3) is 33.3 Å². The number of carbonyl (C=O) groups excluding carboxylic acids is 3. The van der Waals surface area contributed by atoms with Crippen LogP contribution < -0.4 is 16.0 Å². The number of hydrogen-bond acceptors (Lipinski definition) is 20. The minimum absolute atomic E-state index is 0.00205. The average molecular weight is 1240 g/mol. The second-order valence-electron chi connectivity index (χ2n) is 22.5. The van der Waals surface area contributed by atoms with Gasteiger partial charge in [0, 0.05) is 64.6 Å². The summed E-state index contributed by atoms with van der Waals surface area (Å²) in [6.07, 6.45) is -4.02. The Morgan fingerprint density at radius 1 is 0.500 bits per heavy atom. The molecule has 0 amide bonds. The first-order valence-electron chi connectivity index (χ1n) is 28.8. The third-order valence-corrected chi connectivity index (χ3v) is 17.5. The number of Topliss-reactive ketones (excluding diaryl/α,β-unsaturated/α-hetero) is 3. The van der Waals surface area contributed by atoms with E-state index in [1.807, 2.05) is 12.1 Å². The van der Waals surface area contributed by atoms with Gasteiger partial charge < -0.3 is 13.3 Å². The Morgan fingerprint density at radius 2 is 1.02 bits per heavy atom. The Labute approximate surface area is 508 Å². The van der Waals surface area contributed by atoms with Crippen molar-refractivity contribution in [1.29, 1.82) is 0 Å². The van der Waals surface area contributed by atoms with Gasteiger partial charge in [-0.1, -0.05) is 54.1 Å². The number of hydrogen-bond donors (Lipinski definition) is 3. The molecule has 4 aromatic carbocycles. The number of rotatable bonds is 8. The number of ketones is 3. The third-order valence-electron chi connectivity index (χ3n) is 17.1. The predicted molar refractivity (Wildman–Crippen MR) is 319 cm³/mol. The minimum Gasteiger partial charge on any atom is -0.423 e. The molecular weight excluding hydrogens is 1200 g/mol. The topological polar surface area (TPSA) is 265 Å². The summed E-state index contributed by atoms with van der Waals surface area (Å²) in [6, 6.07) is 23.1. The van der Waals surface area contributed by atoms with Crippen LogP contribution in [0.15, 0.2) is 165 Å². The van der Waals surface area contributed by atoms with E-state index in [4.69, 9.17) is 39.8 Å². The molecule has 9 aromatic rings.